The smallest absolute Gasteiger partial charge is 0.231 e. The van der Waals surface area contributed by atoms with Crippen LogP contribution in [0, 0.1) is 5.92 Å². The zero-order chi connectivity index (χ0) is 18.9. The number of benzene rings is 2. The number of sulfonamides is 1. The molecule has 4 rings (SSSR count). The Morgan fingerprint density at radius 2 is 1.70 bits per heavy atom. The van der Waals surface area contributed by atoms with E-state index in [2.05, 4.69) is 10.1 Å². The van der Waals surface area contributed by atoms with Crippen LogP contribution in [0.1, 0.15) is 24.3 Å². The fourth-order valence-corrected chi connectivity index (χ4v) is 5.08. The molecule has 0 aliphatic carbocycles. The van der Waals surface area contributed by atoms with Crippen LogP contribution >= 0.6 is 0 Å². The summed E-state index contributed by atoms with van der Waals surface area (Å²) in [5, 5.41) is 4.07. The monoisotopic (exact) mass is 383 g/mol. The van der Waals surface area contributed by atoms with Crippen molar-refractivity contribution in [3.63, 3.8) is 0 Å². The summed E-state index contributed by atoms with van der Waals surface area (Å²) in [5.74, 6) is 1.05. The van der Waals surface area contributed by atoms with Gasteiger partial charge in [0.2, 0.25) is 21.7 Å². The molecule has 1 saturated heterocycles. The Hall–Kier alpha value is -2.51. The number of rotatable bonds is 5. The van der Waals surface area contributed by atoms with Crippen molar-refractivity contribution >= 4 is 10.0 Å². The van der Waals surface area contributed by atoms with Gasteiger partial charge in [0.15, 0.2) is 0 Å². The second-order valence-corrected chi connectivity index (χ2v) is 8.93. The van der Waals surface area contributed by atoms with Gasteiger partial charge in [-0.3, -0.25) is 0 Å². The van der Waals surface area contributed by atoms with Gasteiger partial charge in [-0.25, -0.2) is 12.7 Å². The average molecular weight is 383 g/mol. The first kappa shape index (κ1) is 17.9. The van der Waals surface area contributed by atoms with Crippen molar-refractivity contribution in [2.45, 2.75) is 18.6 Å². The molecular weight excluding hydrogens is 362 g/mol. The van der Waals surface area contributed by atoms with Gasteiger partial charge in [0.05, 0.1) is 11.7 Å². The summed E-state index contributed by atoms with van der Waals surface area (Å²) >= 11 is 0. The molecule has 2 aromatic carbocycles. The maximum absolute atomic E-state index is 12.8. The van der Waals surface area contributed by atoms with Crippen LogP contribution in [0.5, 0.6) is 0 Å². The zero-order valence-electron chi connectivity index (χ0n) is 15.0. The lowest BCUT2D eigenvalue weighted by atomic mass is 9.98. The topological polar surface area (TPSA) is 76.3 Å². The van der Waals surface area contributed by atoms with Gasteiger partial charge in [0.25, 0.3) is 0 Å². The highest BCUT2D eigenvalue weighted by Crippen LogP contribution is 2.34. The van der Waals surface area contributed by atoms with Gasteiger partial charge in [-0.2, -0.15) is 4.98 Å². The summed E-state index contributed by atoms with van der Waals surface area (Å²) in [7, 11) is -3.39. The molecule has 3 aromatic rings. The highest BCUT2D eigenvalue weighted by molar-refractivity contribution is 7.88. The summed E-state index contributed by atoms with van der Waals surface area (Å²) in [5.41, 5.74) is 1.67. The van der Waals surface area contributed by atoms with E-state index in [0.717, 1.165) is 11.1 Å². The van der Waals surface area contributed by atoms with E-state index < -0.39 is 10.0 Å². The predicted octanol–water partition coefficient (Wildman–Crippen LogP) is 3.30. The van der Waals surface area contributed by atoms with Gasteiger partial charge in [-0.15, -0.1) is 0 Å². The molecular formula is C20H21N3O3S. The number of aromatic nitrogens is 2. The highest BCUT2D eigenvalue weighted by Gasteiger charge is 2.40. The summed E-state index contributed by atoms with van der Waals surface area (Å²) < 4.78 is 32.6. The molecule has 0 spiro atoms. The third kappa shape index (κ3) is 3.79. The Kier molecular flexibility index (Phi) is 4.80. The molecule has 2 unspecified atom stereocenters. The van der Waals surface area contributed by atoms with Gasteiger partial charge in [-0.1, -0.05) is 72.7 Å². The Labute approximate surface area is 158 Å². The minimum atomic E-state index is -3.39. The fraction of sp³-hybridized carbons (Fsp3) is 0.300. The Morgan fingerprint density at radius 1 is 1.04 bits per heavy atom. The van der Waals surface area contributed by atoms with Crippen molar-refractivity contribution in [2.75, 3.05) is 13.1 Å². The van der Waals surface area contributed by atoms with E-state index in [4.69, 9.17) is 4.52 Å². The van der Waals surface area contributed by atoms with Gasteiger partial charge >= 0.3 is 0 Å². The van der Waals surface area contributed by atoms with E-state index in [9.17, 15) is 8.42 Å². The third-order valence-corrected chi connectivity index (χ3v) is 6.74. The van der Waals surface area contributed by atoms with Gasteiger partial charge < -0.3 is 4.52 Å². The van der Waals surface area contributed by atoms with E-state index in [0.29, 0.717) is 24.8 Å². The quantitative estimate of drug-likeness (QED) is 0.676. The van der Waals surface area contributed by atoms with Crippen LogP contribution in [-0.2, 0) is 15.8 Å². The molecule has 1 aliphatic heterocycles. The van der Waals surface area contributed by atoms with Crippen molar-refractivity contribution in [2.24, 2.45) is 5.92 Å². The minimum absolute atomic E-state index is 0.00633. The van der Waals surface area contributed by atoms with Crippen LogP contribution < -0.4 is 0 Å². The first-order valence-electron chi connectivity index (χ1n) is 8.94. The molecule has 0 amide bonds. The molecule has 1 aromatic heterocycles. The fourth-order valence-electron chi connectivity index (χ4n) is 3.44. The van der Waals surface area contributed by atoms with Crippen molar-refractivity contribution in [1.82, 2.24) is 14.4 Å². The van der Waals surface area contributed by atoms with E-state index in [1.807, 2.05) is 67.6 Å². The minimum Gasteiger partial charge on any atom is -0.339 e. The highest BCUT2D eigenvalue weighted by atomic mass is 32.2. The maximum Gasteiger partial charge on any atom is 0.231 e. The number of hydrogen-bond acceptors (Lipinski definition) is 5. The molecule has 1 aliphatic rings. The lowest BCUT2D eigenvalue weighted by molar-refractivity contribution is 0.338. The summed E-state index contributed by atoms with van der Waals surface area (Å²) in [6.07, 6.45) is 0. The molecule has 7 heteroatoms. The largest absolute Gasteiger partial charge is 0.339 e. The molecule has 2 atom stereocenters. The average Bonchev–Trinajstić information content (AvgIpc) is 3.30. The maximum atomic E-state index is 12.8. The molecule has 140 valence electrons. The van der Waals surface area contributed by atoms with Gasteiger partial charge in [0.1, 0.15) is 0 Å². The molecule has 0 saturated carbocycles. The predicted molar refractivity (Wildman–Crippen MR) is 102 cm³/mol. The Balaban J connectivity index is 1.51. The molecule has 1 fully saturated rings. The Bertz CT molecular complexity index is 1000. The van der Waals surface area contributed by atoms with Crippen molar-refractivity contribution in [1.29, 1.82) is 0 Å². The van der Waals surface area contributed by atoms with Crippen LogP contribution in [0.4, 0.5) is 0 Å². The van der Waals surface area contributed by atoms with Crippen molar-refractivity contribution in [3.8, 4) is 11.4 Å². The SMILES string of the molecule is CC1CN(S(=O)(=O)Cc2ccccc2)CC1c1nc(-c2ccccc2)no1. The Morgan fingerprint density at radius 3 is 2.41 bits per heavy atom. The second kappa shape index (κ2) is 7.25. The first-order valence-corrected chi connectivity index (χ1v) is 10.5. The van der Waals surface area contributed by atoms with Gasteiger partial charge in [0, 0.05) is 18.7 Å². The number of hydrogen-bond donors (Lipinski definition) is 0. The van der Waals surface area contributed by atoms with Crippen LogP contribution in [0.25, 0.3) is 11.4 Å². The molecule has 27 heavy (non-hydrogen) atoms. The zero-order valence-corrected chi connectivity index (χ0v) is 15.8. The van der Waals surface area contributed by atoms with Crippen molar-refractivity contribution in [3.05, 3.63) is 72.1 Å². The van der Waals surface area contributed by atoms with Crippen LogP contribution in [0.3, 0.4) is 0 Å². The molecule has 6 nitrogen and oxygen atoms in total. The summed E-state index contributed by atoms with van der Waals surface area (Å²) in [6.45, 7) is 2.85. The van der Waals surface area contributed by atoms with Gasteiger partial charge in [-0.05, 0) is 11.5 Å². The van der Waals surface area contributed by atoms with Crippen molar-refractivity contribution < 1.29 is 12.9 Å². The molecule has 0 N–H and O–H groups in total. The normalized spacial score (nSPS) is 20.8. The second-order valence-electron chi connectivity index (χ2n) is 6.96. The lowest BCUT2D eigenvalue weighted by Crippen LogP contribution is -2.30. The van der Waals surface area contributed by atoms with E-state index in [1.165, 1.54) is 0 Å². The van der Waals surface area contributed by atoms with E-state index >= 15 is 0 Å². The molecule has 0 radical (unpaired) electrons. The first-order chi connectivity index (χ1) is 13.0. The lowest BCUT2D eigenvalue weighted by Gasteiger charge is -2.16. The summed E-state index contributed by atoms with van der Waals surface area (Å²) in [4.78, 5) is 4.51. The van der Waals surface area contributed by atoms with Crippen LogP contribution in [0.2, 0.25) is 0 Å². The third-order valence-electron chi connectivity index (χ3n) is 4.96. The molecule has 0 bridgehead atoms. The number of nitrogens with zero attached hydrogens (tertiary/aromatic N) is 3. The van der Waals surface area contributed by atoms with Crippen LogP contribution in [0.15, 0.2) is 65.2 Å². The standard InChI is InChI=1S/C20H21N3O3S/c1-15-12-23(27(24,25)14-16-8-4-2-5-9-16)13-18(15)20-21-19(22-26-20)17-10-6-3-7-11-17/h2-11,15,18H,12-14H2,1H3. The summed E-state index contributed by atoms with van der Waals surface area (Å²) in [6, 6.07) is 18.9. The van der Waals surface area contributed by atoms with E-state index in [-0.39, 0.29) is 17.6 Å². The van der Waals surface area contributed by atoms with E-state index in [1.54, 1.807) is 4.31 Å². The van der Waals surface area contributed by atoms with Crippen LogP contribution in [-0.4, -0.2) is 36.0 Å². The molecule has 2 heterocycles.